The molecule has 2 nitrogen and oxygen atoms in total. The molecule has 0 heterocycles. The second-order valence-corrected chi connectivity index (χ2v) is 4.62. The number of aliphatic hydroxyl groups excluding tert-OH is 1. The van der Waals surface area contributed by atoms with Crippen molar-refractivity contribution >= 4 is 0 Å². The molecule has 0 aromatic heterocycles. The lowest BCUT2D eigenvalue weighted by atomic mass is 10.0. The second kappa shape index (κ2) is 7.93. The van der Waals surface area contributed by atoms with Gasteiger partial charge in [-0.15, -0.1) is 0 Å². The Labute approximate surface area is 111 Å². The highest BCUT2D eigenvalue weighted by atomic mass is 16.3. The van der Waals surface area contributed by atoms with Crippen LogP contribution < -0.4 is 5.73 Å². The SMILES string of the molecule is CCC(CC)=C(O)CCc1cccc(CCN)c1. The maximum absolute atomic E-state index is 10.0. The molecular formula is C16H25NO. The van der Waals surface area contributed by atoms with Crippen molar-refractivity contribution in [2.75, 3.05) is 6.54 Å². The van der Waals surface area contributed by atoms with Crippen LogP contribution in [0.3, 0.4) is 0 Å². The molecular weight excluding hydrogens is 222 g/mol. The third-order valence-corrected chi connectivity index (χ3v) is 3.34. The third-order valence-electron chi connectivity index (χ3n) is 3.34. The molecule has 0 bridgehead atoms. The first-order valence-electron chi connectivity index (χ1n) is 6.89. The van der Waals surface area contributed by atoms with Crippen LogP contribution in [0.4, 0.5) is 0 Å². The summed E-state index contributed by atoms with van der Waals surface area (Å²) in [5.41, 5.74) is 9.29. The van der Waals surface area contributed by atoms with E-state index in [2.05, 4.69) is 38.1 Å². The summed E-state index contributed by atoms with van der Waals surface area (Å²) < 4.78 is 0. The van der Waals surface area contributed by atoms with Crippen LogP contribution >= 0.6 is 0 Å². The maximum atomic E-state index is 10.0. The number of hydrogen-bond donors (Lipinski definition) is 2. The van der Waals surface area contributed by atoms with Crippen molar-refractivity contribution in [3.05, 3.63) is 46.7 Å². The van der Waals surface area contributed by atoms with Gasteiger partial charge >= 0.3 is 0 Å². The minimum atomic E-state index is 0.573. The Kier molecular flexibility index (Phi) is 6.51. The second-order valence-electron chi connectivity index (χ2n) is 4.62. The Morgan fingerprint density at radius 2 is 1.72 bits per heavy atom. The highest BCUT2D eigenvalue weighted by Crippen LogP contribution is 2.16. The minimum absolute atomic E-state index is 0.573. The predicted molar refractivity (Wildman–Crippen MR) is 77.8 cm³/mol. The summed E-state index contributed by atoms with van der Waals surface area (Å²) >= 11 is 0. The Morgan fingerprint density at radius 1 is 1.11 bits per heavy atom. The third kappa shape index (κ3) is 4.53. The van der Waals surface area contributed by atoms with Gasteiger partial charge in [-0.05, 0) is 48.9 Å². The molecule has 1 aromatic rings. The summed E-state index contributed by atoms with van der Waals surface area (Å²) in [5.74, 6) is 0.573. The van der Waals surface area contributed by atoms with Gasteiger partial charge in [0.15, 0.2) is 0 Å². The fraction of sp³-hybridized carbons (Fsp3) is 0.500. The normalized spacial score (nSPS) is 10.4. The van der Waals surface area contributed by atoms with Crippen LogP contribution in [0.25, 0.3) is 0 Å². The number of rotatable bonds is 7. The van der Waals surface area contributed by atoms with E-state index in [4.69, 9.17) is 5.73 Å². The van der Waals surface area contributed by atoms with E-state index in [0.717, 1.165) is 32.1 Å². The monoisotopic (exact) mass is 247 g/mol. The van der Waals surface area contributed by atoms with E-state index in [9.17, 15) is 5.11 Å². The topological polar surface area (TPSA) is 46.2 Å². The van der Waals surface area contributed by atoms with Crippen LogP contribution in [0, 0.1) is 0 Å². The first-order valence-corrected chi connectivity index (χ1v) is 6.89. The zero-order valence-electron chi connectivity index (χ0n) is 11.6. The average Bonchev–Trinajstić information content (AvgIpc) is 2.39. The Balaban J connectivity index is 2.63. The van der Waals surface area contributed by atoms with Gasteiger partial charge < -0.3 is 10.8 Å². The molecule has 0 aliphatic rings. The van der Waals surface area contributed by atoms with E-state index in [1.807, 2.05) is 0 Å². The number of aryl methyl sites for hydroxylation is 1. The number of benzene rings is 1. The van der Waals surface area contributed by atoms with Gasteiger partial charge in [0, 0.05) is 6.42 Å². The van der Waals surface area contributed by atoms with E-state index >= 15 is 0 Å². The van der Waals surface area contributed by atoms with E-state index in [-0.39, 0.29) is 0 Å². The molecule has 0 unspecified atom stereocenters. The van der Waals surface area contributed by atoms with E-state index < -0.39 is 0 Å². The zero-order chi connectivity index (χ0) is 13.4. The van der Waals surface area contributed by atoms with Gasteiger partial charge in [-0.25, -0.2) is 0 Å². The van der Waals surface area contributed by atoms with E-state index in [1.165, 1.54) is 16.7 Å². The molecule has 1 rings (SSSR count). The smallest absolute Gasteiger partial charge is 0.0917 e. The van der Waals surface area contributed by atoms with E-state index in [1.54, 1.807) is 0 Å². The summed E-state index contributed by atoms with van der Waals surface area (Å²) in [5, 5.41) is 10.0. The molecule has 2 heteroatoms. The lowest BCUT2D eigenvalue weighted by molar-refractivity contribution is 0.376. The van der Waals surface area contributed by atoms with Gasteiger partial charge in [0.2, 0.25) is 0 Å². The summed E-state index contributed by atoms with van der Waals surface area (Å²) in [4.78, 5) is 0. The van der Waals surface area contributed by atoms with Crippen molar-refractivity contribution in [2.24, 2.45) is 5.73 Å². The van der Waals surface area contributed by atoms with E-state index in [0.29, 0.717) is 12.3 Å². The zero-order valence-corrected chi connectivity index (χ0v) is 11.6. The van der Waals surface area contributed by atoms with Crippen LogP contribution in [-0.4, -0.2) is 11.7 Å². The highest BCUT2D eigenvalue weighted by molar-refractivity contribution is 5.24. The molecule has 0 amide bonds. The van der Waals surface area contributed by atoms with Crippen molar-refractivity contribution in [3.63, 3.8) is 0 Å². The molecule has 18 heavy (non-hydrogen) atoms. The Morgan fingerprint density at radius 3 is 2.28 bits per heavy atom. The highest BCUT2D eigenvalue weighted by Gasteiger charge is 2.03. The molecule has 0 spiro atoms. The molecule has 0 aliphatic carbocycles. The lowest BCUT2D eigenvalue weighted by Crippen LogP contribution is -2.03. The summed E-state index contributed by atoms with van der Waals surface area (Å²) in [7, 11) is 0. The molecule has 0 saturated heterocycles. The van der Waals surface area contributed by atoms with Gasteiger partial charge in [0.25, 0.3) is 0 Å². The molecule has 0 fully saturated rings. The van der Waals surface area contributed by atoms with Crippen molar-refractivity contribution in [2.45, 2.75) is 46.0 Å². The fourth-order valence-corrected chi connectivity index (χ4v) is 2.20. The minimum Gasteiger partial charge on any atom is -0.512 e. The average molecular weight is 247 g/mol. The van der Waals surface area contributed by atoms with Crippen molar-refractivity contribution < 1.29 is 5.11 Å². The largest absolute Gasteiger partial charge is 0.512 e. The van der Waals surface area contributed by atoms with Crippen LogP contribution in [-0.2, 0) is 12.8 Å². The molecule has 0 saturated carbocycles. The summed E-state index contributed by atoms with van der Waals surface area (Å²) in [6, 6.07) is 8.49. The predicted octanol–water partition coefficient (Wildman–Crippen LogP) is 3.75. The molecule has 3 N–H and O–H groups in total. The van der Waals surface area contributed by atoms with Gasteiger partial charge in [-0.3, -0.25) is 0 Å². The van der Waals surface area contributed by atoms with Crippen molar-refractivity contribution in [1.29, 1.82) is 0 Å². The quantitative estimate of drug-likeness (QED) is 0.721. The molecule has 100 valence electrons. The summed E-state index contributed by atoms with van der Waals surface area (Å²) in [6.45, 7) is 4.87. The standard InChI is InChI=1S/C16H25NO/c1-3-15(4-2)16(18)9-8-13-6-5-7-14(12-13)10-11-17/h5-7,12,18H,3-4,8-11,17H2,1-2H3. The van der Waals surface area contributed by atoms with Gasteiger partial charge in [-0.1, -0.05) is 38.1 Å². The number of aliphatic hydroxyl groups is 1. The van der Waals surface area contributed by atoms with Crippen molar-refractivity contribution in [1.82, 2.24) is 0 Å². The fourth-order valence-electron chi connectivity index (χ4n) is 2.20. The maximum Gasteiger partial charge on any atom is 0.0917 e. The Hall–Kier alpha value is -1.28. The van der Waals surface area contributed by atoms with Crippen LogP contribution in [0.15, 0.2) is 35.6 Å². The van der Waals surface area contributed by atoms with Crippen LogP contribution in [0.5, 0.6) is 0 Å². The molecule has 0 atom stereocenters. The van der Waals surface area contributed by atoms with Gasteiger partial charge in [-0.2, -0.15) is 0 Å². The lowest BCUT2D eigenvalue weighted by Gasteiger charge is -2.08. The van der Waals surface area contributed by atoms with Crippen LogP contribution in [0.2, 0.25) is 0 Å². The van der Waals surface area contributed by atoms with Gasteiger partial charge in [0.05, 0.1) is 5.76 Å². The Bertz CT molecular complexity index is 390. The molecule has 0 radical (unpaired) electrons. The van der Waals surface area contributed by atoms with Crippen molar-refractivity contribution in [3.8, 4) is 0 Å². The molecule has 1 aromatic carbocycles. The first-order chi connectivity index (χ1) is 8.71. The number of nitrogens with two attached hydrogens (primary N) is 1. The first kappa shape index (κ1) is 14.8. The van der Waals surface area contributed by atoms with Gasteiger partial charge in [0.1, 0.15) is 0 Å². The molecule has 0 aliphatic heterocycles. The summed E-state index contributed by atoms with van der Waals surface area (Å²) in [6.07, 6.45) is 4.44. The number of hydrogen-bond acceptors (Lipinski definition) is 2. The number of allylic oxidation sites excluding steroid dienone is 2. The van der Waals surface area contributed by atoms with Crippen LogP contribution in [0.1, 0.15) is 44.2 Å².